The summed E-state index contributed by atoms with van der Waals surface area (Å²) in [6, 6.07) is 10.2. The minimum atomic E-state index is -0.285. The summed E-state index contributed by atoms with van der Waals surface area (Å²) in [5.41, 5.74) is 0.716. The van der Waals surface area contributed by atoms with Crippen LogP contribution in [-0.4, -0.2) is 22.1 Å². The number of aromatic nitrogens is 2. The first-order valence-corrected chi connectivity index (χ1v) is 7.83. The Bertz CT molecular complexity index is 724. The highest BCUT2D eigenvalue weighted by Crippen LogP contribution is 2.25. The normalized spacial score (nSPS) is 12.7. The van der Waals surface area contributed by atoms with Crippen LogP contribution in [-0.2, 0) is 6.54 Å². The lowest BCUT2D eigenvalue weighted by Gasteiger charge is -2.20. The summed E-state index contributed by atoms with van der Waals surface area (Å²) in [7, 11) is 2.02. The van der Waals surface area contributed by atoms with Crippen molar-refractivity contribution in [1.82, 2.24) is 15.1 Å². The number of nitrogens with zero attached hydrogens (tertiary/aromatic N) is 3. The van der Waals surface area contributed by atoms with Crippen LogP contribution in [0, 0.1) is 5.82 Å². The van der Waals surface area contributed by atoms with Crippen LogP contribution < -0.4 is 0 Å². The number of halogens is 1. The third kappa shape index (κ3) is 3.23. The van der Waals surface area contributed by atoms with Gasteiger partial charge in [0, 0.05) is 17.0 Å². The highest BCUT2D eigenvalue weighted by molar-refractivity contribution is 7.09. The monoisotopic (exact) mass is 317 g/mol. The predicted octanol–water partition coefficient (Wildman–Crippen LogP) is 4.13. The van der Waals surface area contributed by atoms with Crippen LogP contribution >= 0.6 is 11.3 Å². The molecule has 2 aromatic heterocycles. The van der Waals surface area contributed by atoms with Gasteiger partial charge in [0.25, 0.3) is 0 Å². The number of thiophene rings is 1. The predicted molar refractivity (Wildman–Crippen MR) is 83.9 cm³/mol. The average molecular weight is 317 g/mol. The molecular weight excluding hydrogens is 301 g/mol. The van der Waals surface area contributed by atoms with Crippen LogP contribution in [0.15, 0.2) is 46.2 Å². The van der Waals surface area contributed by atoms with Gasteiger partial charge in [-0.25, -0.2) is 4.39 Å². The van der Waals surface area contributed by atoms with E-state index in [4.69, 9.17) is 4.42 Å². The molecule has 0 saturated heterocycles. The van der Waals surface area contributed by atoms with Crippen molar-refractivity contribution in [3.63, 3.8) is 0 Å². The van der Waals surface area contributed by atoms with Crippen molar-refractivity contribution in [3.8, 4) is 11.5 Å². The van der Waals surface area contributed by atoms with Crippen molar-refractivity contribution in [2.24, 2.45) is 0 Å². The van der Waals surface area contributed by atoms with Crippen LogP contribution in [0.25, 0.3) is 11.5 Å². The minimum Gasteiger partial charge on any atom is -0.419 e. The van der Waals surface area contributed by atoms with E-state index in [0.29, 0.717) is 17.3 Å². The molecule has 0 radical (unpaired) electrons. The third-order valence-corrected chi connectivity index (χ3v) is 4.40. The van der Waals surface area contributed by atoms with E-state index in [1.807, 2.05) is 20.0 Å². The Labute approximate surface area is 132 Å². The van der Waals surface area contributed by atoms with Crippen LogP contribution in [0.5, 0.6) is 0 Å². The first kappa shape index (κ1) is 14.9. The van der Waals surface area contributed by atoms with Crippen molar-refractivity contribution >= 4 is 11.3 Å². The first-order valence-electron chi connectivity index (χ1n) is 6.95. The maximum absolute atomic E-state index is 12.9. The average Bonchev–Trinajstić information content (AvgIpc) is 3.18. The molecule has 1 atom stereocenters. The molecule has 0 aliphatic heterocycles. The van der Waals surface area contributed by atoms with E-state index in [1.54, 1.807) is 23.5 Å². The number of hydrogen-bond acceptors (Lipinski definition) is 5. The quantitative estimate of drug-likeness (QED) is 0.709. The largest absolute Gasteiger partial charge is 0.419 e. The molecule has 0 unspecified atom stereocenters. The van der Waals surface area contributed by atoms with Gasteiger partial charge in [0.05, 0.1) is 6.04 Å². The SMILES string of the molecule is C[C@H](c1nnc(-c2ccc(F)cc2)o1)N(C)Cc1cccs1. The van der Waals surface area contributed by atoms with Crippen molar-refractivity contribution < 1.29 is 8.81 Å². The summed E-state index contributed by atoms with van der Waals surface area (Å²) in [5.74, 6) is 0.678. The highest BCUT2D eigenvalue weighted by atomic mass is 32.1. The van der Waals surface area contributed by atoms with Crippen LogP contribution in [0.4, 0.5) is 4.39 Å². The Morgan fingerprint density at radius 3 is 2.68 bits per heavy atom. The Morgan fingerprint density at radius 1 is 1.23 bits per heavy atom. The van der Waals surface area contributed by atoms with E-state index < -0.39 is 0 Å². The van der Waals surface area contributed by atoms with E-state index in [2.05, 4.69) is 26.5 Å². The molecule has 0 N–H and O–H groups in total. The molecule has 6 heteroatoms. The van der Waals surface area contributed by atoms with Crippen molar-refractivity contribution in [2.75, 3.05) is 7.05 Å². The summed E-state index contributed by atoms with van der Waals surface area (Å²) in [4.78, 5) is 3.43. The Kier molecular flexibility index (Phi) is 4.31. The summed E-state index contributed by atoms with van der Waals surface area (Å²) in [6.07, 6.45) is 0. The molecule has 114 valence electrons. The van der Waals surface area contributed by atoms with Crippen molar-refractivity contribution in [2.45, 2.75) is 19.5 Å². The summed E-state index contributed by atoms with van der Waals surface area (Å²) < 4.78 is 18.7. The summed E-state index contributed by atoms with van der Waals surface area (Å²) >= 11 is 1.72. The Balaban J connectivity index is 1.73. The maximum atomic E-state index is 12.9. The van der Waals surface area contributed by atoms with Crippen LogP contribution in [0.2, 0.25) is 0 Å². The molecule has 0 bridgehead atoms. The first-order chi connectivity index (χ1) is 10.6. The number of benzene rings is 1. The number of hydrogen-bond donors (Lipinski definition) is 0. The lowest BCUT2D eigenvalue weighted by Crippen LogP contribution is -2.21. The van der Waals surface area contributed by atoms with E-state index in [0.717, 1.165) is 6.54 Å². The molecule has 1 aromatic carbocycles. The van der Waals surface area contributed by atoms with Gasteiger partial charge in [-0.3, -0.25) is 4.90 Å². The molecule has 0 spiro atoms. The van der Waals surface area contributed by atoms with Gasteiger partial charge < -0.3 is 4.42 Å². The summed E-state index contributed by atoms with van der Waals surface area (Å²) in [5, 5.41) is 10.2. The second-order valence-electron chi connectivity index (χ2n) is 5.12. The van der Waals surface area contributed by atoms with E-state index in [1.165, 1.54) is 17.0 Å². The fourth-order valence-electron chi connectivity index (χ4n) is 2.09. The Hall–Kier alpha value is -2.05. The zero-order valence-electron chi connectivity index (χ0n) is 12.4. The highest BCUT2D eigenvalue weighted by Gasteiger charge is 2.19. The van der Waals surface area contributed by atoms with Crippen molar-refractivity contribution in [1.29, 1.82) is 0 Å². The standard InChI is InChI=1S/C16H16FN3OS/c1-11(20(2)10-14-4-3-9-22-14)15-18-19-16(21-15)12-5-7-13(17)8-6-12/h3-9,11H,10H2,1-2H3/t11-/m1/s1. The molecule has 4 nitrogen and oxygen atoms in total. The maximum Gasteiger partial charge on any atom is 0.247 e. The molecule has 2 heterocycles. The van der Waals surface area contributed by atoms with Gasteiger partial charge in [0.2, 0.25) is 11.8 Å². The van der Waals surface area contributed by atoms with Gasteiger partial charge in [-0.1, -0.05) is 6.07 Å². The van der Waals surface area contributed by atoms with Gasteiger partial charge in [-0.15, -0.1) is 21.5 Å². The van der Waals surface area contributed by atoms with Gasteiger partial charge >= 0.3 is 0 Å². The van der Waals surface area contributed by atoms with E-state index in [9.17, 15) is 4.39 Å². The molecular formula is C16H16FN3OS. The molecule has 3 aromatic rings. The van der Waals surface area contributed by atoms with Gasteiger partial charge in [-0.05, 0) is 49.7 Å². The number of rotatable bonds is 5. The van der Waals surface area contributed by atoms with E-state index in [-0.39, 0.29) is 11.9 Å². The smallest absolute Gasteiger partial charge is 0.247 e. The molecule has 3 rings (SSSR count). The molecule has 0 saturated carbocycles. The molecule has 0 aliphatic rings. The molecule has 0 fully saturated rings. The van der Waals surface area contributed by atoms with Crippen molar-refractivity contribution in [3.05, 3.63) is 58.4 Å². The van der Waals surface area contributed by atoms with Gasteiger partial charge in [0.1, 0.15) is 5.82 Å². The fraction of sp³-hybridized carbons (Fsp3) is 0.250. The zero-order chi connectivity index (χ0) is 15.5. The molecule has 0 amide bonds. The van der Waals surface area contributed by atoms with E-state index >= 15 is 0 Å². The van der Waals surface area contributed by atoms with Gasteiger partial charge in [0.15, 0.2) is 0 Å². The minimum absolute atomic E-state index is 0.00352. The van der Waals surface area contributed by atoms with Crippen LogP contribution in [0.3, 0.4) is 0 Å². The third-order valence-electron chi connectivity index (χ3n) is 3.54. The van der Waals surface area contributed by atoms with Crippen LogP contribution in [0.1, 0.15) is 23.7 Å². The summed E-state index contributed by atoms with van der Waals surface area (Å²) in [6.45, 7) is 2.85. The lowest BCUT2D eigenvalue weighted by atomic mass is 10.2. The molecule has 22 heavy (non-hydrogen) atoms. The topological polar surface area (TPSA) is 42.2 Å². The molecule has 0 aliphatic carbocycles. The van der Waals surface area contributed by atoms with Gasteiger partial charge in [-0.2, -0.15) is 0 Å². The second kappa shape index (κ2) is 6.37. The lowest BCUT2D eigenvalue weighted by molar-refractivity contribution is 0.219. The second-order valence-corrected chi connectivity index (χ2v) is 6.16. The fourth-order valence-corrected chi connectivity index (χ4v) is 2.85. The zero-order valence-corrected chi connectivity index (χ0v) is 13.2. The Morgan fingerprint density at radius 2 is 2.00 bits per heavy atom.